The fourth-order valence-corrected chi connectivity index (χ4v) is 3.00. The molecule has 2 nitrogen and oxygen atoms in total. The molecule has 1 heterocycles. The van der Waals surface area contributed by atoms with Crippen LogP contribution in [0.15, 0.2) is 6.07 Å². The molecule has 0 aliphatic heterocycles. The van der Waals surface area contributed by atoms with Gasteiger partial charge in [-0.3, -0.25) is 4.79 Å². The maximum absolute atomic E-state index is 12.2. The van der Waals surface area contributed by atoms with Gasteiger partial charge in [0.15, 0.2) is 5.78 Å². The van der Waals surface area contributed by atoms with Crippen LogP contribution in [0.25, 0.3) is 0 Å². The van der Waals surface area contributed by atoms with Crippen LogP contribution in [0.4, 0.5) is 0 Å². The smallest absolute Gasteiger partial charge is 0.174 e. The second-order valence-corrected chi connectivity index (χ2v) is 6.58. The summed E-state index contributed by atoms with van der Waals surface area (Å²) < 4.78 is 2.20. The van der Waals surface area contributed by atoms with Crippen molar-refractivity contribution in [2.24, 2.45) is 5.92 Å². The number of hydrogen-bond acceptors (Lipinski definition) is 2. The van der Waals surface area contributed by atoms with E-state index in [1.165, 1.54) is 5.69 Å². The first-order valence-electron chi connectivity index (χ1n) is 6.70. The topological polar surface area (TPSA) is 22.0 Å². The number of nitrogens with zero attached hydrogens (tertiary/aromatic N) is 1. The van der Waals surface area contributed by atoms with Gasteiger partial charge in [0.1, 0.15) is 0 Å². The second-order valence-electron chi connectivity index (χ2n) is 5.21. The van der Waals surface area contributed by atoms with Gasteiger partial charge in [-0.25, -0.2) is 0 Å². The van der Waals surface area contributed by atoms with Crippen molar-refractivity contribution in [3.05, 3.63) is 23.0 Å². The molecule has 3 heteroatoms. The number of carbonyl (C=O) groups is 1. The van der Waals surface area contributed by atoms with Gasteiger partial charge in [0.25, 0.3) is 0 Å². The van der Waals surface area contributed by atoms with E-state index in [4.69, 9.17) is 0 Å². The van der Waals surface area contributed by atoms with Crippen LogP contribution in [-0.2, 0) is 6.54 Å². The molecule has 0 aliphatic rings. The van der Waals surface area contributed by atoms with Crippen molar-refractivity contribution in [2.75, 3.05) is 5.75 Å². The Hall–Kier alpha value is -0.700. The van der Waals surface area contributed by atoms with Crippen LogP contribution in [0.1, 0.15) is 49.4 Å². The highest BCUT2D eigenvalue weighted by atomic mass is 32.2. The summed E-state index contributed by atoms with van der Waals surface area (Å²) in [6.07, 6.45) is 0. The average molecular weight is 267 g/mol. The van der Waals surface area contributed by atoms with Crippen LogP contribution in [-0.4, -0.2) is 21.4 Å². The summed E-state index contributed by atoms with van der Waals surface area (Å²) in [7, 11) is 0. The highest BCUT2D eigenvalue weighted by Crippen LogP contribution is 2.22. The maximum atomic E-state index is 12.2. The Balaban J connectivity index is 2.73. The molecule has 0 fully saturated rings. The lowest BCUT2D eigenvalue weighted by atomic mass is 10.1. The average Bonchev–Trinajstić information content (AvgIpc) is 2.60. The van der Waals surface area contributed by atoms with E-state index < -0.39 is 0 Å². The minimum atomic E-state index is 0.264. The second kappa shape index (κ2) is 6.46. The molecule has 1 unspecified atom stereocenters. The number of thioether (sulfide) groups is 1. The molecule has 102 valence electrons. The number of rotatable bonds is 6. The van der Waals surface area contributed by atoms with E-state index in [1.54, 1.807) is 11.8 Å². The van der Waals surface area contributed by atoms with Gasteiger partial charge in [0.05, 0.1) is 5.75 Å². The van der Waals surface area contributed by atoms with E-state index in [9.17, 15) is 4.79 Å². The molecule has 0 aromatic carbocycles. The van der Waals surface area contributed by atoms with Crippen LogP contribution >= 0.6 is 11.8 Å². The van der Waals surface area contributed by atoms with Gasteiger partial charge in [-0.05, 0) is 32.8 Å². The zero-order valence-corrected chi connectivity index (χ0v) is 13.2. The summed E-state index contributed by atoms with van der Waals surface area (Å²) in [5.74, 6) is 1.47. The van der Waals surface area contributed by atoms with E-state index in [1.807, 2.05) is 13.0 Å². The van der Waals surface area contributed by atoms with Crippen molar-refractivity contribution in [3.8, 4) is 0 Å². The van der Waals surface area contributed by atoms with Gasteiger partial charge in [-0.2, -0.15) is 11.8 Å². The summed E-state index contributed by atoms with van der Waals surface area (Å²) in [4.78, 5) is 12.2. The molecule has 0 amide bonds. The first kappa shape index (κ1) is 15.4. The largest absolute Gasteiger partial charge is 0.349 e. The van der Waals surface area contributed by atoms with E-state index >= 15 is 0 Å². The number of ketones is 1. The Morgan fingerprint density at radius 1 is 1.33 bits per heavy atom. The monoisotopic (exact) mass is 267 g/mol. The normalized spacial score (nSPS) is 13.1. The Bertz CT molecular complexity index is 420. The molecule has 0 N–H and O–H groups in total. The van der Waals surface area contributed by atoms with Crippen LogP contribution in [0, 0.1) is 19.8 Å². The number of aryl methyl sites for hydroxylation is 1. The lowest BCUT2D eigenvalue weighted by molar-refractivity contribution is 0.102. The van der Waals surface area contributed by atoms with Crippen LogP contribution in [0.3, 0.4) is 0 Å². The minimum absolute atomic E-state index is 0.264. The fraction of sp³-hybridized carbons (Fsp3) is 0.667. The van der Waals surface area contributed by atoms with E-state index in [-0.39, 0.29) is 5.78 Å². The third kappa shape index (κ3) is 3.41. The first-order valence-corrected chi connectivity index (χ1v) is 7.74. The van der Waals surface area contributed by atoms with Crippen molar-refractivity contribution in [1.82, 2.24) is 4.57 Å². The molecule has 0 radical (unpaired) electrons. The third-order valence-electron chi connectivity index (χ3n) is 3.61. The zero-order valence-electron chi connectivity index (χ0n) is 12.4. The molecule has 1 atom stereocenters. The van der Waals surface area contributed by atoms with Crippen molar-refractivity contribution in [2.45, 2.75) is 53.3 Å². The SMILES string of the molecule is CCn1c(C)cc(C(=O)CSC(C)C(C)C)c1C. The number of hydrogen-bond donors (Lipinski definition) is 0. The van der Waals surface area contributed by atoms with E-state index in [2.05, 4.69) is 39.2 Å². The Morgan fingerprint density at radius 3 is 2.39 bits per heavy atom. The van der Waals surface area contributed by atoms with Crippen molar-refractivity contribution in [1.29, 1.82) is 0 Å². The molecule has 1 aromatic heterocycles. The molecule has 0 aliphatic carbocycles. The highest BCUT2D eigenvalue weighted by molar-refractivity contribution is 8.00. The number of carbonyl (C=O) groups excluding carboxylic acids is 1. The Labute approximate surface area is 115 Å². The summed E-state index contributed by atoms with van der Waals surface area (Å²) >= 11 is 1.76. The van der Waals surface area contributed by atoms with Crippen molar-refractivity contribution < 1.29 is 4.79 Å². The van der Waals surface area contributed by atoms with Crippen LogP contribution in [0.2, 0.25) is 0 Å². The zero-order chi connectivity index (χ0) is 13.9. The van der Waals surface area contributed by atoms with E-state index in [0.717, 1.165) is 17.8 Å². The predicted octanol–water partition coefficient (Wildman–Crippen LogP) is 4.09. The lowest BCUT2D eigenvalue weighted by Crippen LogP contribution is -2.12. The Morgan fingerprint density at radius 2 is 1.94 bits per heavy atom. The molecule has 1 aromatic rings. The van der Waals surface area contributed by atoms with Crippen LogP contribution in [0.5, 0.6) is 0 Å². The first-order chi connectivity index (χ1) is 8.38. The summed E-state index contributed by atoms with van der Waals surface area (Å²) in [5.41, 5.74) is 3.19. The van der Waals surface area contributed by atoms with Crippen molar-refractivity contribution in [3.63, 3.8) is 0 Å². The van der Waals surface area contributed by atoms with Gasteiger partial charge in [0, 0.05) is 28.7 Å². The van der Waals surface area contributed by atoms with Gasteiger partial charge in [0.2, 0.25) is 0 Å². The summed E-state index contributed by atoms with van der Waals surface area (Å²) in [6, 6.07) is 2.03. The van der Waals surface area contributed by atoms with Gasteiger partial charge in [-0.15, -0.1) is 0 Å². The standard InChI is InChI=1S/C15H25NOS/c1-7-16-11(4)8-14(12(16)5)15(17)9-18-13(6)10(2)3/h8,10,13H,7,9H2,1-6H3. The molecule has 0 saturated heterocycles. The van der Waals surface area contributed by atoms with Crippen LogP contribution < -0.4 is 0 Å². The molecule has 18 heavy (non-hydrogen) atoms. The van der Waals surface area contributed by atoms with Gasteiger partial charge in [-0.1, -0.05) is 20.8 Å². The molecule has 0 spiro atoms. The number of Topliss-reactive ketones (excluding diaryl/α,β-unsaturated/α-hetero) is 1. The molecular formula is C15H25NOS. The highest BCUT2D eigenvalue weighted by Gasteiger charge is 2.16. The molecule has 0 saturated carbocycles. The van der Waals surface area contributed by atoms with Gasteiger partial charge >= 0.3 is 0 Å². The van der Waals surface area contributed by atoms with Crippen molar-refractivity contribution >= 4 is 17.5 Å². The molecular weight excluding hydrogens is 242 g/mol. The lowest BCUT2D eigenvalue weighted by Gasteiger charge is -2.14. The van der Waals surface area contributed by atoms with E-state index in [0.29, 0.717) is 16.9 Å². The number of aromatic nitrogens is 1. The maximum Gasteiger partial charge on any atom is 0.174 e. The summed E-state index contributed by atoms with van der Waals surface area (Å²) in [5, 5.41) is 0.531. The summed E-state index contributed by atoms with van der Waals surface area (Å²) in [6.45, 7) is 13.7. The molecule has 1 rings (SSSR count). The fourth-order valence-electron chi connectivity index (χ4n) is 2.05. The predicted molar refractivity (Wildman–Crippen MR) is 80.7 cm³/mol. The van der Waals surface area contributed by atoms with Gasteiger partial charge < -0.3 is 4.57 Å². The Kier molecular flexibility index (Phi) is 5.51. The third-order valence-corrected chi connectivity index (χ3v) is 5.11. The molecule has 0 bridgehead atoms. The minimum Gasteiger partial charge on any atom is -0.349 e. The quantitative estimate of drug-likeness (QED) is 0.724.